The highest BCUT2D eigenvalue weighted by molar-refractivity contribution is 5.94. The molecule has 1 aliphatic carbocycles. The Morgan fingerprint density at radius 2 is 1.65 bits per heavy atom. The molecular weight excluding hydrogens is 587 g/mol. The first-order valence-electron chi connectivity index (χ1n) is 12.9. The van der Waals surface area contributed by atoms with Gasteiger partial charge in [0.2, 0.25) is 17.6 Å². The van der Waals surface area contributed by atoms with Gasteiger partial charge in [-0.2, -0.15) is 26.3 Å². The van der Waals surface area contributed by atoms with Crippen LogP contribution in [0.5, 0.6) is 0 Å². The van der Waals surface area contributed by atoms with Gasteiger partial charge in [0, 0.05) is 18.1 Å². The van der Waals surface area contributed by atoms with Crippen LogP contribution in [0.4, 0.5) is 36.4 Å². The first-order chi connectivity index (χ1) is 20.3. The second kappa shape index (κ2) is 11.7. The number of carbonyl (C=O) groups is 1. The highest BCUT2D eigenvalue weighted by atomic mass is 19.4. The number of anilines is 1. The van der Waals surface area contributed by atoms with Crippen LogP contribution in [-0.4, -0.2) is 37.3 Å². The molecule has 4 aromatic rings. The first kappa shape index (κ1) is 30.1. The van der Waals surface area contributed by atoms with Gasteiger partial charge in [-0.25, -0.2) is 14.4 Å². The second-order valence-electron chi connectivity index (χ2n) is 10.0. The number of rotatable bonds is 7. The third kappa shape index (κ3) is 6.98. The molecule has 15 heteroatoms. The molecule has 1 aliphatic rings. The zero-order valence-electron chi connectivity index (χ0n) is 22.0. The number of alkyl halides is 6. The van der Waals surface area contributed by atoms with Gasteiger partial charge in [-0.3, -0.25) is 4.79 Å². The van der Waals surface area contributed by atoms with Crippen LogP contribution in [0.3, 0.4) is 0 Å². The summed E-state index contributed by atoms with van der Waals surface area (Å²) in [4.78, 5) is 22.7. The SMILES string of the molecule is O=C(Cc1ccc(C(F)(F)F)cc1C(F)(F)F)N(Cc1nnc(-c2ncc(C3CCC(O)C3)cn2)o1)c1ccc(F)cc1. The van der Waals surface area contributed by atoms with Crippen LogP contribution in [0.1, 0.15) is 53.3 Å². The topological polar surface area (TPSA) is 105 Å². The summed E-state index contributed by atoms with van der Waals surface area (Å²) in [5, 5.41) is 17.5. The van der Waals surface area contributed by atoms with Crippen LogP contribution in [0.2, 0.25) is 0 Å². The number of nitrogens with zero attached hydrogens (tertiary/aromatic N) is 5. The summed E-state index contributed by atoms with van der Waals surface area (Å²) < 4.78 is 99.5. The van der Waals surface area contributed by atoms with Crippen molar-refractivity contribution in [2.75, 3.05) is 4.90 Å². The number of hydrogen-bond acceptors (Lipinski definition) is 7. The van der Waals surface area contributed by atoms with Crippen LogP contribution >= 0.6 is 0 Å². The third-order valence-corrected chi connectivity index (χ3v) is 7.02. The summed E-state index contributed by atoms with van der Waals surface area (Å²) in [6.07, 6.45) is -6.31. The predicted octanol–water partition coefficient (Wildman–Crippen LogP) is 6.11. The van der Waals surface area contributed by atoms with Crippen molar-refractivity contribution in [3.63, 3.8) is 0 Å². The Morgan fingerprint density at radius 1 is 0.953 bits per heavy atom. The molecule has 1 N–H and O–H groups in total. The molecule has 1 saturated carbocycles. The van der Waals surface area contributed by atoms with Gasteiger partial charge < -0.3 is 14.4 Å². The number of amides is 1. The standard InChI is InChI=1S/C28H22F7N5O3/c29-19-4-6-20(7-5-19)40(24(42)10-16-1-3-18(27(30,31)32)11-22(16)28(33,34)35)14-23-38-39-26(43-23)25-36-12-17(13-37-25)15-2-8-21(41)9-15/h1,3-7,11-13,15,21,41H,2,8-10,14H2. The molecule has 43 heavy (non-hydrogen) atoms. The summed E-state index contributed by atoms with van der Waals surface area (Å²) in [5.74, 6) is -1.70. The molecular formula is C28H22F7N5O3. The van der Waals surface area contributed by atoms with Crippen LogP contribution in [0, 0.1) is 5.82 Å². The van der Waals surface area contributed by atoms with Crippen molar-refractivity contribution in [3.8, 4) is 11.7 Å². The first-order valence-corrected chi connectivity index (χ1v) is 12.9. The van der Waals surface area contributed by atoms with Crippen molar-refractivity contribution in [1.29, 1.82) is 0 Å². The molecule has 0 radical (unpaired) electrons. The van der Waals surface area contributed by atoms with E-state index in [0.29, 0.717) is 25.0 Å². The molecule has 1 amide bonds. The Bertz CT molecular complexity index is 1590. The highest BCUT2D eigenvalue weighted by Gasteiger charge is 2.38. The number of aliphatic hydroxyl groups excluding tert-OH is 1. The summed E-state index contributed by atoms with van der Waals surface area (Å²) in [5.41, 5.74) is -2.92. The lowest BCUT2D eigenvalue weighted by molar-refractivity contribution is -0.143. The summed E-state index contributed by atoms with van der Waals surface area (Å²) in [7, 11) is 0. The molecule has 0 aliphatic heterocycles. The van der Waals surface area contributed by atoms with E-state index in [-0.39, 0.29) is 41.4 Å². The normalized spacial score (nSPS) is 17.3. The van der Waals surface area contributed by atoms with Crippen molar-refractivity contribution >= 4 is 11.6 Å². The van der Waals surface area contributed by atoms with Crippen LogP contribution in [0.15, 0.2) is 59.3 Å². The van der Waals surface area contributed by atoms with Crippen molar-refractivity contribution < 1.29 is 45.1 Å². The Kier molecular flexibility index (Phi) is 8.18. The number of aliphatic hydroxyl groups is 1. The van der Waals surface area contributed by atoms with Gasteiger partial charge in [0.05, 0.1) is 23.7 Å². The monoisotopic (exact) mass is 609 g/mol. The van der Waals surface area contributed by atoms with E-state index in [1.54, 1.807) is 12.4 Å². The lowest BCUT2D eigenvalue weighted by Gasteiger charge is -2.23. The van der Waals surface area contributed by atoms with Crippen molar-refractivity contribution in [2.24, 2.45) is 0 Å². The smallest absolute Gasteiger partial charge is 0.416 e. The quantitative estimate of drug-likeness (QED) is 0.252. The van der Waals surface area contributed by atoms with Crippen LogP contribution < -0.4 is 4.90 Å². The largest absolute Gasteiger partial charge is 0.416 e. The van der Waals surface area contributed by atoms with Gasteiger partial charge in [-0.1, -0.05) is 6.07 Å². The molecule has 1 fully saturated rings. The fraction of sp³-hybridized carbons (Fsp3) is 0.321. The lowest BCUT2D eigenvalue weighted by Crippen LogP contribution is -2.32. The van der Waals surface area contributed by atoms with E-state index in [4.69, 9.17) is 4.42 Å². The summed E-state index contributed by atoms with van der Waals surface area (Å²) >= 11 is 0. The third-order valence-electron chi connectivity index (χ3n) is 7.02. The van der Waals surface area contributed by atoms with Crippen molar-refractivity contribution in [2.45, 2.75) is 56.6 Å². The van der Waals surface area contributed by atoms with Gasteiger partial charge in [-0.05, 0) is 72.7 Å². The number of carbonyl (C=O) groups excluding carboxylic acids is 1. The van der Waals surface area contributed by atoms with Crippen LogP contribution in [-0.2, 0) is 30.1 Å². The van der Waals surface area contributed by atoms with Gasteiger partial charge in [0.15, 0.2) is 0 Å². The summed E-state index contributed by atoms with van der Waals surface area (Å²) in [6.45, 7) is -0.461. The van der Waals surface area contributed by atoms with Gasteiger partial charge in [-0.15, -0.1) is 10.2 Å². The number of benzene rings is 2. The van der Waals surface area contributed by atoms with E-state index in [0.717, 1.165) is 29.0 Å². The number of aromatic nitrogens is 4. The molecule has 8 nitrogen and oxygen atoms in total. The zero-order valence-corrected chi connectivity index (χ0v) is 22.0. The van der Waals surface area contributed by atoms with Gasteiger partial charge in [0.25, 0.3) is 5.89 Å². The second-order valence-corrected chi connectivity index (χ2v) is 10.0. The van der Waals surface area contributed by atoms with Gasteiger partial charge >= 0.3 is 12.4 Å². The van der Waals surface area contributed by atoms with Crippen molar-refractivity contribution in [3.05, 3.63) is 88.8 Å². The van der Waals surface area contributed by atoms with Crippen molar-refractivity contribution in [1.82, 2.24) is 20.2 Å². The molecule has 2 aromatic carbocycles. The van der Waals surface area contributed by atoms with E-state index in [1.165, 1.54) is 12.1 Å². The maximum absolute atomic E-state index is 13.7. The molecule has 2 heterocycles. The minimum absolute atomic E-state index is 0.0464. The average molecular weight is 610 g/mol. The maximum atomic E-state index is 13.7. The molecule has 0 spiro atoms. The van der Waals surface area contributed by atoms with Crippen LogP contribution in [0.25, 0.3) is 11.7 Å². The average Bonchev–Trinajstić information content (AvgIpc) is 3.60. The Morgan fingerprint density at radius 3 is 2.26 bits per heavy atom. The van der Waals surface area contributed by atoms with Gasteiger partial charge in [0.1, 0.15) is 12.4 Å². The van der Waals surface area contributed by atoms with E-state index < -0.39 is 53.7 Å². The lowest BCUT2D eigenvalue weighted by atomic mass is 10.00. The molecule has 0 bridgehead atoms. The number of halogens is 7. The summed E-state index contributed by atoms with van der Waals surface area (Å²) in [6, 6.07) is 5.46. The van der Waals surface area contributed by atoms with E-state index in [1.807, 2.05) is 0 Å². The Labute approximate surface area is 239 Å². The maximum Gasteiger partial charge on any atom is 0.416 e. The number of hydrogen-bond donors (Lipinski definition) is 1. The van der Waals surface area contributed by atoms with E-state index >= 15 is 0 Å². The van der Waals surface area contributed by atoms with E-state index in [9.17, 15) is 40.6 Å². The molecule has 226 valence electrons. The molecule has 2 aromatic heterocycles. The fourth-order valence-electron chi connectivity index (χ4n) is 4.84. The minimum atomic E-state index is -5.17. The minimum Gasteiger partial charge on any atom is -0.416 e. The zero-order chi connectivity index (χ0) is 30.9. The molecule has 2 unspecified atom stereocenters. The van der Waals surface area contributed by atoms with E-state index in [2.05, 4.69) is 20.2 Å². The Balaban J connectivity index is 1.39. The fourth-order valence-corrected chi connectivity index (χ4v) is 4.84. The molecule has 5 rings (SSSR count). The molecule has 2 atom stereocenters. The predicted molar refractivity (Wildman–Crippen MR) is 136 cm³/mol. The highest BCUT2D eigenvalue weighted by Crippen LogP contribution is 2.38. The molecule has 0 saturated heterocycles. The Hall–Kier alpha value is -4.40.